The molecule has 0 amide bonds. The van der Waals surface area contributed by atoms with Gasteiger partial charge in [-0.3, -0.25) is 0 Å². The standard InChI is InChI=1S/C16H15BClN2O3S/c1-9-3-5-11(6-4-9)20-24(21,22)15-8-14-13(7-12(15)18)19-16(17)10(2)23-14/h3-8,10,19-20H,1-2H3. The molecular formula is C16H15BClN2O3S. The molecule has 24 heavy (non-hydrogen) atoms. The number of hydrogen-bond acceptors (Lipinski definition) is 4. The number of nitrogens with one attached hydrogen (secondary N) is 2. The number of anilines is 2. The molecule has 2 aromatic carbocycles. The number of benzene rings is 2. The predicted molar refractivity (Wildman–Crippen MR) is 97.9 cm³/mol. The first-order chi connectivity index (χ1) is 11.3. The second-order valence-corrected chi connectivity index (χ2v) is 7.65. The molecule has 2 N–H and O–H groups in total. The van der Waals surface area contributed by atoms with Gasteiger partial charge < -0.3 is 0 Å². The Bertz CT molecular complexity index is 914. The molecule has 0 saturated heterocycles. The Morgan fingerprint density at radius 1 is 1.25 bits per heavy atom. The van der Waals surface area contributed by atoms with Crippen LogP contribution in [0.5, 0.6) is 5.75 Å². The molecule has 2 aromatic rings. The zero-order valence-corrected chi connectivity index (χ0v) is 14.7. The maximum absolute atomic E-state index is 12.6. The number of ether oxygens (including phenoxy) is 1. The molecule has 1 unspecified atom stereocenters. The van der Waals surface area contributed by atoms with Gasteiger partial charge in [-0.05, 0) is 6.92 Å². The van der Waals surface area contributed by atoms with Crippen LogP contribution in [0.4, 0.5) is 11.4 Å². The second kappa shape index (κ2) is 6.14. The fraction of sp³-hybridized carbons (Fsp3) is 0.188. The van der Waals surface area contributed by atoms with Gasteiger partial charge in [-0.25, -0.2) is 0 Å². The molecule has 1 aliphatic rings. The van der Waals surface area contributed by atoms with Crippen molar-refractivity contribution in [2.24, 2.45) is 0 Å². The van der Waals surface area contributed by atoms with Crippen molar-refractivity contribution in [3.8, 4) is 5.75 Å². The third kappa shape index (κ3) is 3.27. The fourth-order valence-electron chi connectivity index (χ4n) is 2.28. The Labute approximate surface area is 147 Å². The Morgan fingerprint density at radius 3 is 2.58 bits per heavy atom. The van der Waals surface area contributed by atoms with Gasteiger partial charge in [0.1, 0.15) is 0 Å². The van der Waals surface area contributed by atoms with E-state index in [1.54, 1.807) is 19.1 Å². The van der Waals surface area contributed by atoms with Crippen LogP contribution in [0.15, 0.2) is 41.3 Å². The summed E-state index contributed by atoms with van der Waals surface area (Å²) in [5, 5.41) is 3.03. The number of halogens is 1. The van der Waals surface area contributed by atoms with E-state index in [1.165, 1.54) is 12.1 Å². The maximum atomic E-state index is 12.6. The SMILES string of the molecule is [B]=C1Nc2cc(Cl)c(S(=O)(=O)Nc3ccc(C)cc3)cc2OC1C. The Morgan fingerprint density at radius 2 is 1.92 bits per heavy atom. The monoisotopic (exact) mass is 361 g/mol. The fourth-order valence-corrected chi connectivity index (χ4v) is 3.88. The first kappa shape index (κ1) is 16.9. The molecule has 0 aliphatic carbocycles. The molecule has 0 saturated carbocycles. The predicted octanol–water partition coefficient (Wildman–Crippen LogP) is 2.94. The number of sulfonamides is 1. The van der Waals surface area contributed by atoms with Crippen LogP contribution in [0.2, 0.25) is 5.02 Å². The second-order valence-electron chi connectivity index (χ2n) is 5.59. The molecule has 3 rings (SSSR count). The van der Waals surface area contributed by atoms with Gasteiger partial charge in [0.05, 0.1) is 0 Å². The molecule has 1 aliphatic heterocycles. The van der Waals surface area contributed by atoms with E-state index < -0.39 is 10.0 Å². The first-order valence-corrected chi connectivity index (χ1v) is 9.11. The van der Waals surface area contributed by atoms with E-state index in [2.05, 4.69) is 10.0 Å². The third-order valence-corrected chi connectivity index (χ3v) is 5.49. The van der Waals surface area contributed by atoms with Crippen molar-refractivity contribution >= 4 is 46.1 Å². The van der Waals surface area contributed by atoms with Gasteiger partial charge in [0.15, 0.2) is 0 Å². The first-order valence-electron chi connectivity index (χ1n) is 7.25. The average molecular weight is 362 g/mol. The molecule has 5 nitrogen and oxygen atoms in total. The molecule has 0 aromatic heterocycles. The van der Waals surface area contributed by atoms with Gasteiger partial charge >= 0.3 is 140 Å². The average Bonchev–Trinajstić information content (AvgIpc) is 2.50. The molecule has 8 heteroatoms. The summed E-state index contributed by atoms with van der Waals surface area (Å²) in [6.07, 6.45) is -0.376. The van der Waals surface area contributed by atoms with Crippen molar-refractivity contribution in [1.29, 1.82) is 0 Å². The summed E-state index contributed by atoms with van der Waals surface area (Å²) < 4.78 is 33.4. The summed E-state index contributed by atoms with van der Waals surface area (Å²) >= 11 is 6.16. The van der Waals surface area contributed by atoms with Gasteiger partial charge in [-0.2, -0.15) is 0 Å². The molecule has 123 valence electrons. The van der Waals surface area contributed by atoms with E-state index in [0.29, 0.717) is 22.7 Å². The summed E-state index contributed by atoms with van der Waals surface area (Å²) in [6, 6.07) is 9.90. The number of rotatable bonds is 3. The van der Waals surface area contributed by atoms with E-state index in [0.717, 1.165) is 5.56 Å². The van der Waals surface area contributed by atoms with E-state index in [-0.39, 0.29) is 16.0 Å². The van der Waals surface area contributed by atoms with Crippen LogP contribution in [-0.4, -0.2) is 27.6 Å². The summed E-state index contributed by atoms with van der Waals surface area (Å²) in [7, 11) is 1.94. The molecule has 1 radical (unpaired) electrons. The van der Waals surface area contributed by atoms with Crippen LogP contribution in [0.25, 0.3) is 0 Å². The van der Waals surface area contributed by atoms with Crippen LogP contribution < -0.4 is 14.8 Å². The van der Waals surface area contributed by atoms with Crippen LogP contribution in [-0.2, 0) is 10.0 Å². The van der Waals surface area contributed by atoms with Gasteiger partial charge in [0.25, 0.3) is 0 Å². The van der Waals surface area contributed by atoms with Gasteiger partial charge in [0, 0.05) is 0 Å². The zero-order chi connectivity index (χ0) is 17.5. The summed E-state index contributed by atoms with van der Waals surface area (Å²) in [4.78, 5) is -0.0574. The quantitative estimate of drug-likeness (QED) is 0.825. The van der Waals surface area contributed by atoms with Crippen molar-refractivity contribution in [1.82, 2.24) is 0 Å². The molecule has 1 heterocycles. The van der Waals surface area contributed by atoms with Crippen LogP contribution in [0.1, 0.15) is 12.5 Å². The van der Waals surface area contributed by atoms with E-state index in [4.69, 9.17) is 23.8 Å². The molecule has 1 atom stereocenters. The van der Waals surface area contributed by atoms with Gasteiger partial charge in [-0.15, -0.1) is 0 Å². The van der Waals surface area contributed by atoms with Crippen LogP contribution >= 0.6 is 11.6 Å². The number of aryl methyl sites for hydroxylation is 1. The summed E-state index contributed by atoms with van der Waals surface area (Å²) in [5.41, 5.74) is 2.46. The normalized spacial score (nSPS) is 16.8. The minimum atomic E-state index is -3.85. The van der Waals surface area contributed by atoms with E-state index >= 15 is 0 Å². The topological polar surface area (TPSA) is 67.4 Å². The summed E-state index contributed by atoms with van der Waals surface area (Å²) in [6.45, 7) is 3.69. The van der Waals surface area contributed by atoms with Gasteiger partial charge in [0.2, 0.25) is 0 Å². The van der Waals surface area contributed by atoms with Crippen LogP contribution in [0.3, 0.4) is 0 Å². The Kier molecular flexibility index (Phi) is 4.32. The molecule has 0 spiro atoms. The molecular weight excluding hydrogens is 347 g/mol. The Balaban J connectivity index is 1.97. The minimum absolute atomic E-state index is 0.0574. The van der Waals surface area contributed by atoms with Crippen LogP contribution in [0, 0.1) is 6.92 Å². The zero-order valence-electron chi connectivity index (χ0n) is 13.1. The number of fused-ring (bicyclic) bond motifs is 1. The number of hydrogen-bond donors (Lipinski definition) is 2. The summed E-state index contributed by atoms with van der Waals surface area (Å²) in [5.74, 6) is 0.380. The van der Waals surface area contributed by atoms with E-state index in [1.807, 2.05) is 19.1 Å². The van der Waals surface area contributed by atoms with E-state index in [9.17, 15) is 8.42 Å². The third-order valence-electron chi connectivity index (χ3n) is 3.65. The molecule has 0 fully saturated rings. The van der Waals surface area contributed by atoms with Gasteiger partial charge in [-0.1, -0.05) is 0 Å². The van der Waals surface area contributed by atoms with Crippen molar-refractivity contribution in [2.45, 2.75) is 24.8 Å². The van der Waals surface area contributed by atoms with Crippen molar-refractivity contribution in [2.75, 3.05) is 10.0 Å². The van der Waals surface area contributed by atoms with Crippen molar-refractivity contribution in [3.63, 3.8) is 0 Å². The Hall–Kier alpha value is -1.99. The van der Waals surface area contributed by atoms with Crippen molar-refractivity contribution in [3.05, 3.63) is 47.0 Å². The molecule has 0 bridgehead atoms. The van der Waals surface area contributed by atoms with Crippen molar-refractivity contribution < 1.29 is 13.2 Å².